The Labute approximate surface area is 121 Å². The number of nitrogens with one attached hydrogen (secondary N) is 2. The summed E-state index contributed by atoms with van der Waals surface area (Å²) < 4.78 is 35.0. The quantitative estimate of drug-likeness (QED) is 0.430. The minimum Gasteiger partial charge on any atom is -0.309 e. The molecular weight excluding hydrogens is 304 g/mol. The Hall–Kier alpha value is -1.43. The van der Waals surface area contributed by atoms with Crippen LogP contribution in [0.4, 0.5) is 4.79 Å². The lowest BCUT2D eigenvalue weighted by Gasteiger charge is -2.35. The first-order valence-corrected chi connectivity index (χ1v) is 7.87. The number of fused-ring (bicyclic) bond motifs is 3. The van der Waals surface area contributed by atoms with Crippen molar-refractivity contribution < 1.29 is 26.8 Å². The predicted molar refractivity (Wildman–Crippen MR) is 67.6 cm³/mol. The van der Waals surface area contributed by atoms with Crippen molar-refractivity contribution in [3.8, 4) is 0 Å². The van der Waals surface area contributed by atoms with E-state index in [-0.39, 0.29) is 17.9 Å². The molecule has 3 fully saturated rings. The minimum atomic E-state index is -4.78. The summed E-state index contributed by atoms with van der Waals surface area (Å²) in [4.78, 5) is 25.6. The molecule has 21 heavy (non-hydrogen) atoms. The Morgan fingerprint density at radius 2 is 2.14 bits per heavy atom. The number of rotatable bonds is 4. The fourth-order valence-electron chi connectivity index (χ4n) is 3.26. The van der Waals surface area contributed by atoms with Crippen LogP contribution in [0.25, 0.3) is 0 Å². The van der Waals surface area contributed by atoms with Crippen molar-refractivity contribution in [1.29, 1.82) is 0 Å². The van der Waals surface area contributed by atoms with Crippen LogP contribution < -0.4 is 10.9 Å². The third-order valence-electron chi connectivity index (χ3n) is 4.39. The van der Waals surface area contributed by atoms with Crippen LogP contribution >= 0.6 is 0 Å². The molecule has 2 saturated heterocycles. The molecule has 0 aromatic heterocycles. The first-order valence-electron chi connectivity index (χ1n) is 6.51. The van der Waals surface area contributed by atoms with E-state index in [1.807, 2.05) is 0 Å². The Balaban J connectivity index is 1.88. The Kier molecular flexibility index (Phi) is 3.13. The van der Waals surface area contributed by atoms with Gasteiger partial charge in [-0.15, -0.1) is 4.28 Å². The second-order valence-electron chi connectivity index (χ2n) is 5.60. The molecule has 2 aliphatic heterocycles. The monoisotopic (exact) mass is 320 g/mol. The predicted octanol–water partition coefficient (Wildman–Crippen LogP) is -1.37. The largest absolute Gasteiger partial charge is 0.418 e. The van der Waals surface area contributed by atoms with E-state index in [1.54, 1.807) is 0 Å². The van der Waals surface area contributed by atoms with Crippen molar-refractivity contribution in [3.63, 3.8) is 0 Å². The summed E-state index contributed by atoms with van der Waals surface area (Å²) in [6, 6.07) is -1.87. The second kappa shape index (κ2) is 4.53. The summed E-state index contributed by atoms with van der Waals surface area (Å²) in [6.07, 6.45) is 2.02. The van der Waals surface area contributed by atoms with Gasteiger partial charge in [-0.05, 0) is 24.7 Å². The minimum absolute atomic E-state index is 0.205. The maximum Gasteiger partial charge on any atom is 0.418 e. The molecule has 118 valence electrons. The molecule has 0 aromatic carbocycles. The summed E-state index contributed by atoms with van der Waals surface area (Å²) in [7, 11) is -3.25. The maximum atomic E-state index is 12.3. The number of amides is 3. The lowest BCUT2D eigenvalue weighted by atomic mass is 9.85. The van der Waals surface area contributed by atoms with Gasteiger partial charge in [0.25, 0.3) is 5.91 Å². The Morgan fingerprint density at radius 3 is 2.67 bits per heavy atom. The van der Waals surface area contributed by atoms with Gasteiger partial charge in [-0.25, -0.2) is 10.2 Å². The maximum absolute atomic E-state index is 12.3. The third kappa shape index (κ3) is 2.35. The van der Waals surface area contributed by atoms with E-state index in [0.717, 1.165) is 12.8 Å². The van der Waals surface area contributed by atoms with Gasteiger partial charge in [0.15, 0.2) is 0 Å². The van der Waals surface area contributed by atoms with Gasteiger partial charge >= 0.3 is 16.4 Å². The van der Waals surface area contributed by atoms with Crippen LogP contribution in [-0.4, -0.2) is 60.5 Å². The molecule has 3 aliphatic rings. The first kappa shape index (κ1) is 14.5. The number of carbonyl (C=O) groups excluding carboxylic acids is 2. The van der Waals surface area contributed by atoms with E-state index in [9.17, 15) is 18.0 Å². The molecule has 3 N–H and O–H groups in total. The number of hydrogen-bond acceptors (Lipinski definition) is 6. The average molecular weight is 320 g/mol. The Morgan fingerprint density at radius 1 is 1.48 bits per heavy atom. The molecule has 2 bridgehead atoms. The highest BCUT2D eigenvalue weighted by Crippen LogP contribution is 2.59. The van der Waals surface area contributed by atoms with Crippen molar-refractivity contribution in [2.45, 2.75) is 31.3 Å². The standard InChI is InChI=1S/C10H16N4O6S/c1-11-12-8(15)6-4-10(2-3-10)7-5-13(6)9(16)14(7)20-21(17,18)19/h6-7,11H,2-5H2,1H3,(H,12,15)(H,17,18,19)/t6-,7-/m0/s1. The average Bonchev–Trinajstić information content (AvgIpc) is 3.09. The third-order valence-corrected chi connectivity index (χ3v) is 4.74. The summed E-state index contributed by atoms with van der Waals surface area (Å²) in [5, 5.41) is 0.689. The van der Waals surface area contributed by atoms with E-state index in [1.165, 1.54) is 11.9 Å². The number of hydrazine groups is 1. The Bertz CT molecular complexity index is 588. The molecule has 0 unspecified atom stereocenters. The van der Waals surface area contributed by atoms with Crippen LogP contribution in [0, 0.1) is 5.41 Å². The molecule has 11 heteroatoms. The van der Waals surface area contributed by atoms with Crippen LogP contribution in [0.1, 0.15) is 19.3 Å². The van der Waals surface area contributed by atoms with E-state index in [0.29, 0.717) is 11.5 Å². The summed E-state index contributed by atoms with van der Waals surface area (Å²) in [5.41, 5.74) is 4.64. The van der Waals surface area contributed by atoms with Crippen molar-refractivity contribution in [2.24, 2.45) is 5.41 Å². The molecule has 10 nitrogen and oxygen atoms in total. The number of piperidine rings is 1. The fourth-order valence-corrected chi connectivity index (χ4v) is 3.63. The smallest absolute Gasteiger partial charge is 0.309 e. The molecule has 0 radical (unpaired) electrons. The number of nitrogens with zero attached hydrogens (tertiary/aromatic N) is 2. The van der Waals surface area contributed by atoms with Crippen LogP contribution in [0.5, 0.6) is 0 Å². The first-order chi connectivity index (χ1) is 9.77. The number of carbonyl (C=O) groups is 2. The molecule has 2 atom stereocenters. The highest BCUT2D eigenvalue weighted by molar-refractivity contribution is 7.80. The zero-order valence-corrected chi connectivity index (χ0v) is 12.1. The molecule has 1 saturated carbocycles. The number of urea groups is 1. The topological polar surface area (TPSA) is 128 Å². The van der Waals surface area contributed by atoms with Crippen molar-refractivity contribution in [1.82, 2.24) is 20.8 Å². The summed E-state index contributed by atoms with van der Waals surface area (Å²) >= 11 is 0. The fraction of sp³-hybridized carbons (Fsp3) is 0.800. The molecule has 3 rings (SSSR count). The molecule has 1 aliphatic carbocycles. The van der Waals surface area contributed by atoms with Gasteiger partial charge in [0, 0.05) is 13.6 Å². The van der Waals surface area contributed by atoms with Crippen LogP contribution in [0.15, 0.2) is 0 Å². The zero-order valence-electron chi connectivity index (χ0n) is 11.3. The van der Waals surface area contributed by atoms with Crippen molar-refractivity contribution >= 4 is 22.3 Å². The van der Waals surface area contributed by atoms with Crippen LogP contribution in [-0.2, 0) is 19.5 Å². The molecular formula is C10H16N4O6S. The van der Waals surface area contributed by atoms with Crippen LogP contribution in [0.3, 0.4) is 0 Å². The van der Waals surface area contributed by atoms with E-state index >= 15 is 0 Å². The van der Waals surface area contributed by atoms with Gasteiger partial charge in [-0.1, -0.05) is 0 Å². The second-order valence-corrected chi connectivity index (χ2v) is 6.60. The lowest BCUT2D eigenvalue weighted by molar-refractivity contribution is -0.128. The lowest BCUT2D eigenvalue weighted by Crippen LogP contribution is -2.54. The van der Waals surface area contributed by atoms with Gasteiger partial charge in [0.2, 0.25) is 0 Å². The van der Waals surface area contributed by atoms with Crippen LogP contribution in [0.2, 0.25) is 0 Å². The molecule has 2 heterocycles. The van der Waals surface area contributed by atoms with Crippen molar-refractivity contribution in [2.75, 3.05) is 13.6 Å². The summed E-state index contributed by atoms with van der Waals surface area (Å²) in [6.45, 7) is 0.205. The zero-order chi connectivity index (χ0) is 15.4. The van der Waals surface area contributed by atoms with Gasteiger partial charge in [0.1, 0.15) is 6.04 Å². The highest BCUT2D eigenvalue weighted by Gasteiger charge is 2.65. The van der Waals surface area contributed by atoms with Crippen molar-refractivity contribution in [3.05, 3.63) is 0 Å². The number of hydroxylamine groups is 2. The molecule has 0 aromatic rings. The van der Waals surface area contributed by atoms with Gasteiger partial charge in [-0.2, -0.15) is 13.5 Å². The molecule has 1 spiro atoms. The SMILES string of the molecule is CNNC(=O)[C@@H]1CC2(CC2)[C@@H]2CN1C(=O)N2OS(=O)(=O)O. The van der Waals surface area contributed by atoms with Gasteiger partial charge in [-0.3, -0.25) is 14.8 Å². The van der Waals surface area contributed by atoms with Gasteiger partial charge in [0.05, 0.1) is 6.04 Å². The normalized spacial score (nSPS) is 29.9. The van der Waals surface area contributed by atoms with Gasteiger partial charge < -0.3 is 4.90 Å². The van der Waals surface area contributed by atoms with E-state index in [2.05, 4.69) is 15.1 Å². The number of hydrogen-bond donors (Lipinski definition) is 3. The summed E-state index contributed by atoms with van der Waals surface area (Å²) in [5.74, 6) is -0.357. The highest BCUT2D eigenvalue weighted by atomic mass is 32.3. The molecule has 3 amide bonds. The van der Waals surface area contributed by atoms with E-state index in [4.69, 9.17) is 4.55 Å². The van der Waals surface area contributed by atoms with E-state index < -0.39 is 28.5 Å².